The van der Waals surface area contributed by atoms with Crippen LogP contribution in [0.5, 0.6) is 5.75 Å². The molecule has 1 N–H and O–H groups in total. The Balaban J connectivity index is 1.97. The van der Waals surface area contributed by atoms with Crippen LogP contribution >= 0.6 is 22.9 Å². The maximum absolute atomic E-state index is 11.3. The second-order valence-corrected chi connectivity index (χ2v) is 5.17. The number of nitrogens with zero attached hydrogens (tertiary/aromatic N) is 1. The molecule has 0 atom stereocenters. The highest BCUT2D eigenvalue weighted by Gasteiger charge is 2.05. The van der Waals surface area contributed by atoms with Crippen LogP contribution in [0.1, 0.15) is 12.6 Å². The summed E-state index contributed by atoms with van der Waals surface area (Å²) in [6.07, 6.45) is 0. The number of benzene rings is 1. The van der Waals surface area contributed by atoms with E-state index < -0.39 is 0 Å². The van der Waals surface area contributed by atoms with E-state index in [0.29, 0.717) is 18.2 Å². The van der Waals surface area contributed by atoms with Gasteiger partial charge in [0.05, 0.1) is 11.6 Å². The fourth-order valence-corrected chi connectivity index (χ4v) is 2.65. The van der Waals surface area contributed by atoms with Gasteiger partial charge in [-0.25, -0.2) is 4.98 Å². The highest BCUT2D eigenvalue weighted by molar-refractivity contribution is 7.13. The second kappa shape index (κ2) is 7.26. The maximum atomic E-state index is 11.3. The zero-order chi connectivity index (χ0) is 14.4. The second-order valence-electron chi connectivity index (χ2n) is 4.04. The lowest BCUT2D eigenvalue weighted by atomic mass is 10.2. The molecule has 1 heterocycles. The number of carbonyl (C=O) groups is 1. The molecule has 1 aromatic carbocycles. The average Bonchev–Trinajstić information content (AvgIpc) is 2.95. The van der Waals surface area contributed by atoms with Crippen molar-refractivity contribution in [2.24, 2.45) is 0 Å². The molecule has 106 valence electrons. The van der Waals surface area contributed by atoms with E-state index >= 15 is 0 Å². The third kappa shape index (κ3) is 3.95. The van der Waals surface area contributed by atoms with Crippen LogP contribution in [0.25, 0.3) is 10.6 Å². The Labute approximate surface area is 126 Å². The van der Waals surface area contributed by atoms with Gasteiger partial charge in [0.1, 0.15) is 10.8 Å². The lowest BCUT2D eigenvalue weighted by molar-refractivity contribution is -0.122. The molecule has 2 aromatic rings. The smallest absolute Gasteiger partial charge is 0.257 e. The molecule has 0 bridgehead atoms. The predicted molar refractivity (Wildman–Crippen MR) is 81.3 cm³/mol. The Hall–Kier alpha value is -1.59. The molecular weight excluding hydrogens is 296 g/mol. The number of aromatic nitrogens is 1. The molecule has 0 saturated carbocycles. The minimum atomic E-state index is -0.122. The van der Waals surface area contributed by atoms with Gasteiger partial charge in [-0.2, -0.15) is 0 Å². The van der Waals surface area contributed by atoms with Crippen molar-refractivity contribution in [1.82, 2.24) is 10.3 Å². The monoisotopic (exact) mass is 310 g/mol. The number of halogens is 1. The minimum Gasteiger partial charge on any atom is -0.484 e. The Bertz CT molecular complexity index is 569. The van der Waals surface area contributed by atoms with Crippen LogP contribution in [0.2, 0.25) is 0 Å². The highest BCUT2D eigenvalue weighted by Crippen LogP contribution is 2.26. The Morgan fingerprint density at radius 3 is 2.75 bits per heavy atom. The molecule has 20 heavy (non-hydrogen) atoms. The lowest BCUT2D eigenvalue weighted by Gasteiger charge is -2.06. The van der Waals surface area contributed by atoms with Crippen molar-refractivity contribution in [2.45, 2.75) is 12.8 Å². The predicted octanol–water partition coefficient (Wildman–Crippen LogP) is 3.06. The number of thiazole rings is 1. The van der Waals surface area contributed by atoms with E-state index in [1.54, 1.807) is 11.3 Å². The zero-order valence-electron chi connectivity index (χ0n) is 11.1. The number of carbonyl (C=O) groups excluding carboxylic acids is 1. The van der Waals surface area contributed by atoms with E-state index in [1.807, 2.05) is 36.6 Å². The van der Waals surface area contributed by atoms with E-state index in [9.17, 15) is 4.79 Å². The summed E-state index contributed by atoms with van der Waals surface area (Å²) in [5, 5.41) is 5.55. The summed E-state index contributed by atoms with van der Waals surface area (Å²) in [4.78, 5) is 15.7. The molecule has 6 heteroatoms. The number of hydrogen-bond acceptors (Lipinski definition) is 4. The Kier molecular flexibility index (Phi) is 5.38. The lowest BCUT2D eigenvalue weighted by Crippen LogP contribution is -2.28. The topological polar surface area (TPSA) is 51.2 Å². The molecule has 0 aliphatic carbocycles. The van der Waals surface area contributed by atoms with Crippen LogP contribution in [0.15, 0.2) is 29.6 Å². The van der Waals surface area contributed by atoms with E-state index in [4.69, 9.17) is 16.3 Å². The molecule has 0 fully saturated rings. The van der Waals surface area contributed by atoms with Crippen LogP contribution in [-0.2, 0) is 10.7 Å². The van der Waals surface area contributed by atoms with Gasteiger partial charge < -0.3 is 10.1 Å². The van der Waals surface area contributed by atoms with Crippen LogP contribution in [0, 0.1) is 0 Å². The van der Waals surface area contributed by atoms with Crippen molar-refractivity contribution >= 4 is 28.8 Å². The summed E-state index contributed by atoms with van der Waals surface area (Å²) in [6, 6.07) is 7.50. The van der Waals surface area contributed by atoms with Gasteiger partial charge in [-0.3, -0.25) is 4.79 Å². The van der Waals surface area contributed by atoms with Crippen molar-refractivity contribution < 1.29 is 9.53 Å². The van der Waals surface area contributed by atoms with Crippen molar-refractivity contribution in [3.8, 4) is 16.3 Å². The molecule has 1 amide bonds. The van der Waals surface area contributed by atoms with Crippen molar-refractivity contribution in [2.75, 3.05) is 13.2 Å². The molecule has 0 spiro atoms. The fourth-order valence-electron chi connectivity index (χ4n) is 1.59. The van der Waals surface area contributed by atoms with Crippen molar-refractivity contribution in [3.05, 3.63) is 35.3 Å². The molecule has 2 rings (SSSR count). The minimum absolute atomic E-state index is 0.0286. The van der Waals surface area contributed by atoms with Gasteiger partial charge in [-0.1, -0.05) is 0 Å². The molecule has 0 radical (unpaired) electrons. The number of amides is 1. The van der Waals surface area contributed by atoms with Gasteiger partial charge in [-0.05, 0) is 31.2 Å². The van der Waals surface area contributed by atoms with Crippen LogP contribution in [0.4, 0.5) is 0 Å². The number of rotatable bonds is 6. The summed E-state index contributed by atoms with van der Waals surface area (Å²) in [7, 11) is 0. The summed E-state index contributed by atoms with van der Waals surface area (Å²) < 4.78 is 5.39. The molecule has 0 aliphatic heterocycles. The molecular formula is C14H15ClN2O2S. The summed E-state index contributed by atoms with van der Waals surface area (Å²) in [5.41, 5.74) is 1.89. The fraction of sp³-hybridized carbons (Fsp3) is 0.286. The number of hydrogen-bond donors (Lipinski definition) is 1. The SMILES string of the molecule is CCNC(=O)COc1ccc(-c2nc(CCl)cs2)cc1. The van der Waals surface area contributed by atoms with E-state index in [1.165, 1.54) is 0 Å². The first-order valence-corrected chi connectivity index (χ1v) is 7.64. The van der Waals surface area contributed by atoms with Crippen LogP contribution in [0.3, 0.4) is 0 Å². The van der Waals surface area contributed by atoms with E-state index in [-0.39, 0.29) is 12.5 Å². The van der Waals surface area contributed by atoms with Crippen LogP contribution in [-0.4, -0.2) is 24.0 Å². The first-order chi connectivity index (χ1) is 9.72. The Morgan fingerprint density at radius 1 is 1.40 bits per heavy atom. The summed E-state index contributed by atoms with van der Waals surface area (Å²) in [6.45, 7) is 2.50. The van der Waals surface area contributed by atoms with Gasteiger partial charge >= 0.3 is 0 Å². The number of likely N-dealkylation sites (N-methyl/N-ethyl adjacent to an activating group) is 1. The Morgan fingerprint density at radius 2 is 2.15 bits per heavy atom. The quantitative estimate of drug-likeness (QED) is 0.834. The molecule has 0 aliphatic rings. The van der Waals surface area contributed by atoms with Gasteiger partial charge in [0, 0.05) is 17.5 Å². The largest absolute Gasteiger partial charge is 0.484 e. The third-order valence-corrected chi connectivity index (χ3v) is 3.75. The summed E-state index contributed by atoms with van der Waals surface area (Å²) in [5.74, 6) is 0.960. The highest BCUT2D eigenvalue weighted by atomic mass is 35.5. The molecule has 4 nitrogen and oxygen atoms in total. The number of alkyl halides is 1. The zero-order valence-corrected chi connectivity index (χ0v) is 12.6. The summed E-state index contributed by atoms with van der Waals surface area (Å²) >= 11 is 7.29. The molecule has 1 aromatic heterocycles. The third-order valence-electron chi connectivity index (χ3n) is 2.53. The van der Waals surface area contributed by atoms with Gasteiger partial charge in [-0.15, -0.1) is 22.9 Å². The van der Waals surface area contributed by atoms with E-state index in [2.05, 4.69) is 10.3 Å². The standard InChI is InChI=1S/C14H15ClN2O2S/c1-2-16-13(18)8-19-12-5-3-10(4-6-12)14-17-11(7-15)9-20-14/h3-6,9H,2,7-8H2,1H3,(H,16,18). The average molecular weight is 311 g/mol. The number of nitrogens with one attached hydrogen (secondary N) is 1. The van der Waals surface area contributed by atoms with Crippen molar-refractivity contribution in [3.63, 3.8) is 0 Å². The molecule has 0 saturated heterocycles. The first-order valence-electron chi connectivity index (χ1n) is 6.23. The molecule has 0 unspecified atom stereocenters. The van der Waals surface area contributed by atoms with Gasteiger partial charge in [0.25, 0.3) is 5.91 Å². The van der Waals surface area contributed by atoms with Crippen molar-refractivity contribution in [1.29, 1.82) is 0 Å². The number of ether oxygens (including phenoxy) is 1. The van der Waals surface area contributed by atoms with Gasteiger partial charge in [0.2, 0.25) is 0 Å². The normalized spacial score (nSPS) is 10.3. The van der Waals surface area contributed by atoms with Gasteiger partial charge in [0.15, 0.2) is 6.61 Å². The maximum Gasteiger partial charge on any atom is 0.257 e. The van der Waals surface area contributed by atoms with Crippen LogP contribution < -0.4 is 10.1 Å². The first kappa shape index (κ1) is 14.8. The van der Waals surface area contributed by atoms with E-state index in [0.717, 1.165) is 16.3 Å².